The highest BCUT2D eigenvalue weighted by molar-refractivity contribution is 6.00. The molecular formula is C11H14O3. The molecule has 0 aliphatic heterocycles. The predicted octanol–water partition coefficient (Wildman–Crippen LogP) is 2.33. The predicted molar refractivity (Wildman–Crippen MR) is 53.6 cm³/mol. The van der Waals surface area contributed by atoms with Gasteiger partial charge in [-0.25, -0.2) is 0 Å². The van der Waals surface area contributed by atoms with Gasteiger partial charge in [0.1, 0.15) is 0 Å². The summed E-state index contributed by atoms with van der Waals surface area (Å²) in [6.45, 7) is 5.41. The molecule has 0 aliphatic rings. The van der Waals surface area contributed by atoms with Crippen molar-refractivity contribution in [1.29, 1.82) is 0 Å². The van der Waals surface area contributed by atoms with Crippen LogP contribution in [0, 0.1) is 5.41 Å². The van der Waals surface area contributed by atoms with Crippen LogP contribution in [0.5, 0.6) is 11.5 Å². The number of benzene rings is 1. The van der Waals surface area contributed by atoms with Crippen LogP contribution >= 0.6 is 0 Å². The largest absolute Gasteiger partial charge is 0.504 e. The number of rotatable bonds is 1. The molecule has 0 amide bonds. The molecular weight excluding hydrogens is 180 g/mol. The third-order valence-electron chi connectivity index (χ3n) is 1.92. The van der Waals surface area contributed by atoms with Crippen molar-refractivity contribution >= 4 is 5.78 Å². The van der Waals surface area contributed by atoms with Crippen molar-refractivity contribution in [3.63, 3.8) is 0 Å². The van der Waals surface area contributed by atoms with Gasteiger partial charge in [-0.3, -0.25) is 4.79 Å². The van der Waals surface area contributed by atoms with E-state index in [0.717, 1.165) is 0 Å². The van der Waals surface area contributed by atoms with Crippen molar-refractivity contribution in [2.45, 2.75) is 20.8 Å². The number of carbonyl (C=O) groups excluding carboxylic acids is 1. The summed E-state index contributed by atoms with van der Waals surface area (Å²) in [7, 11) is 0. The maximum Gasteiger partial charge on any atom is 0.168 e. The van der Waals surface area contributed by atoms with Crippen LogP contribution in [-0.4, -0.2) is 16.0 Å². The molecule has 0 spiro atoms. The standard InChI is InChI=1S/C11H14O3/c1-11(2,3)10(14)7-4-5-8(12)9(13)6-7/h4-6,12-13H,1-3H3. The summed E-state index contributed by atoms with van der Waals surface area (Å²) in [6, 6.07) is 4.10. The summed E-state index contributed by atoms with van der Waals surface area (Å²) in [6.07, 6.45) is 0. The van der Waals surface area contributed by atoms with Gasteiger partial charge in [-0.15, -0.1) is 0 Å². The van der Waals surface area contributed by atoms with E-state index in [1.165, 1.54) is 18.2 Å². The summed E-state index contributed by atoms with van der Waals surface area (Å²) < 4.78 is 0. The van der Waals surface area contributed by atoms with Gasteiger partial charge in [-0.2, -0.15) is 0 Å². The first-order valence-electron chi connectivity index (χ1n) is 4.39. The number of phenols is 2. The molecule has 3 nitrogen and oxygen atoms in total. The Morgan fingerprint density at radius 1 is 1.14 bits per heavy atom. The average molecular weight is 194 g/mol. The minimum atomic E-state index is -0.483. The lowest BCUT2D eigenvalue weighted by Gasteiger charge is -2.16. The second-order valence-electron chi connectivity index (χ2n) is 4.28. The van der Waals surface area contributed by atoms with E-state index in [4.69, 9.17) is 5.11 Å². The molecule has 1 aromatic carbocycles. The topological polar surface area (TPSA) is 57.5 Å². The zero-order valence-corrected chi connectivity index (χ0v) is 8.53. The van der Waals surface area contributed by atoms with E-state index >= 15 is 0 Å². The van der Waals surface area contributed by atoms with Gasteiger partial charge in [0.15, 0.2) is 17.3 Å². The van der Waals surface area contributed by atoms with Gasteiger partial charge in [0.2, 0.25) is 0 Å². The first kappa shape index (κ1) is 10.6. The van der Waals surface area contributed by atoms with Gasteiger partial charge in [-0.05, 0) is 18.2 Å². The SMILES string of the molecule is CC(C)(C)C(=O)c1ccc(O)c(O)c1. The van der Waals surface area contributed by atoms with Gasteiger partial charge in [-0.1, -0.05) is 20.8 Å². The molecule has 0 saturated carbocycles. The molecule has 76 valence electrons. The first-order chi connectivity index (χ1) is 6.32. The van der Waals surface area contributed by atoms with Crippen molar-refractivity contribution in [1.82, 2.24) is 0 Å². The first-order valence-corrected chi connectivity index (χ1v) is 4.39. The van der Waals surface area contributed by atoms with E-state index < -0.39 is 5.41 Å². The number of phenolic OH excluding ortho intramolecular Hbond substituents is 2. The summed E-state index contributed by atoms with van der Waals surface area (Å²) in [5.41, 5.74) is -0.0727. The maximum absolute atomic E-state index is 11.7. The zero-order chi connectivity index (χ0) is 10.9. The van der Waals surface area contributed by atoms with Crippen LogP contribution in [0.15, 0.2) is 18.2 Å². The lowest BCUT2D eigenvalue weighted by atomic mass is 9.86. The number of ketones is 1. The lowest BCUT2D eigenvalue weighted by molar-refractivity contribution is 0.0858. The average Bonchev–Trinajstić information content (AvgIpc) is 2.07. The van der Waals surface area contributed by atoms with Gasteiger partial charge in [0.25, 0.3) is 0 Å². The number of Topliss-reactive ketones (excluding diaryl/α,β-unsaturated/α-hetero) is 1. The van der Waals surface area contributed by atoms with Crippen LogP contribution in [0.25, 0.3) is 0 Å². The third-order valence-corrected chi connectivity index (χ3v) is 1.92. The van der Waals surface area contributed by atoms with Crippen LogP contribution in [0.3, 0.4) is 0 Å². The van der Waals surface area contributed by atoms with Crippen LogP contribution in [0.2, 0.25) is 0 Å². The number of hydrogen-bond acceptors (Lipinski definition) is 3. The molecule has 1 rings (SSSR count). The highest BCUT2D eigenvalue weighted by Gasteiger charge is 2.23. The van der Waals surface area contributed by atoms with Crippen molar-refractivity contribution in [2.75, 3.05) is 0 Å². The second-order valence-corrected chi connectivity index (χ2v) is 4.28. The number of carbonyl (C=O) groups is 1. The monoisotopic (exact) mass is 194 g/mol. The highest BCUT2D eigenvalue weighted by atomic mass is 16.3. The smallest absolute Gasteiger partial charge is 0.168 e. The molecule has 0 aliphatic carbocycles. The number of hydrogen-bond donors (Lipinski definition) is 2. The fourth-order valence-electron chi connectivity index (χ4n) is 1.10. The molecule has 0 atom stereocenters. The Morgan fingerprint density at radius 3 is 2.14 bits per heavy atom. The summed E-state index contributed by atoms with van der Waals surface area (Å²) >= 11 is 0. The van der Waals surface area contributed by atoms with Gasteiger partial charge >= 0.3 is 0 Å². The van der Waals surface area contributed by atoms with E-state index in [2.05, 4.69) is 0 Å². The molecule has 0 unspecified atom stereocenters. The fourth-order valence-corrected chi connectivity index (χ4v) is 1.10. The maximum atomic E-state index is 11.7. The molecule has 0 radical (unpaired) electrons. The summed E-state index contributed by atoms with van der Waals surface area (Å²) in [4.78, 5) is 11.7. The summed E-state index contributed by atoms with van der Waals surface area (Å²) in [5, 5.41) is 18.3. The lowest BCUT2D eigenvalue weighted by Crippen LogP contribution is -2.19. The van der Waals surface area contributed by atoms with Crippen LogP contribution < -0.4 is 0 Å². The number of aromatic hydroxyl groups is 2. The van der Waals surface area contributed by atoms with Crippen LogP contribution in [0.4, 0.5) is 0 Å². The molecule has 0 aromatic heterocycles. The minimum absolute atomic E-state index is 0.0622. The van der Waals surface area contributed by atoms with Crippen LogP contribution in [-0.2, 0) is 0 Å². The van der Waals surface area contributed by atoms with Gasteiger partial charge < -0.3 is 10.2 Å². The van der Waals surface area contributed by atoms with Crippen molar-refractivity contribution < 1.29 is 15.0 Å². The van der Waals surface area contributed by atoms with E-state index in [1.54, 1.807) is 20.8 Å². The Bertz CT molecular complexity index is 361. The van der Waals surface area contributed by atoms with Crippen LogP contribution in [0.1, 0.15) is 31.1 Å². The Hall–Kier alpha value is -1.51. The molecule has 0 fully saturated rings. The molecule has 14 heavy (non-hydrogen) atoms. The van der Waals surface area contributed by atoms with Crippen molar-refractivity contribution in [3.05, 3.63) is 23.8 Å². The molecule has 1 aromatic rings. The second kappa shape index (κ2) is 3.33. The fraction of sp³-hybridized carbons (Fsp3) is 0.364. The normalized spacial score (nSPS) is 11.4. The zero-order valence-electron chi connectivity index (χ0n) is 8.53. The van der Waals surface area contributed by atoms with E-state index in [-0.39, 0.29) is 17.3 Å². The molecule has 2 N–H and O–H groups in total. The van der Waals surface area contributed by atoms with Gasteiger partial charge in [0, 0.05) is 11.0 Å². The highest BCUT2D eigenvalue weighted by Crippen LogP contribution is 2.28. The van der Waals surface area contributed by atoms with E-state index in [0.29, 0.717) is 5.56 Å². The van der Waals surface area contributed by atoms with E-state index in [1.807, 2.05) is 0 Å². The Morgan fingerprint density at radius 2 is 1.71 bits per heavy atom. The van der Waals surface area contributed by atoms with Gasteiger partial charge in [0.05, 0.1) is 0 Å². The Balaban J connectivity index is 3.10. The summed E-state index contributed by atoms with van der Waals surface area (Å²) in [5.74, 6) is -0.539. The minimum Gasteiger partial charge on any atom is -0.504 e. The molecule has 0 bridgehead atoms. The van der Waals surface area contributed by atoms with E-state index in [9.17, 15) is 9.90 Å². The quantitative estimate of drug-likeness (QED) is 0.533. The third kappa shape index (κ3) is 2.05. The van der Waals surface area contributed by atoms with Crippen molar-refractivity contribution in [3.8, 4) is 11.5 Å². The Labute approximate surface area is 83.0 Å². The molecule has 3 heteroatoms. The Kier molecular flexibility index (Phi) is 2.51. The van der Waals surface area contributed by atoms with Crippen molar-refractivity contribution in [2.24, 2.45) is 5.41 Å². The molecule has 0 heterocycles. The molecule has 0 saturated heterocycles.